The molecule has 0 bridgehead atoms. The van der Waals surface area contributed by atoms with Crippen LogP contribution in [0.15, 0.2) is 181 Å². The van der Waals surface area contributed by atoms with E-state index < -0.39 is 0 Å². The molecule has 4 heteroatoms. The number of benzene rings is 5. The average Bonchev–Trinajstić information content (AvgIpc) is 3.26. The van der Waals surface area contributed by atoms with Crippen LogP contribution in [0, 0.1) is 11.5 Å². The first kappa shape index (κ1) is 41.2. The summed E-state index contributed by atoms with van der Waals surface area (Å²) >= 11 is 0. The van der Waals surface area contributed by atoms with Gasteiger partial charge in [-0.15, -0.1) is 24.2 Å². The van der Waals surface area contributed by atoms with Gasteiger partial charge < -0.3 is 15.3 Å². The Morgan fingerprint density at radius 2 is 0.729 bits per heavy atom. The van der Waals surface area contributed by atoms with Crippen LogP contribution in [-0.2, 0) is 21.7 Å². The van der Waals surface area contributed by atoms with Crippen molar-refractivity contribution in [2.45, 2.75) is 34.6 Å². The minimum absolute atomic E-state index is 0. The maximum atomic E-state index is 10.3. The topological polar surface area (TPSA) is 69.2 Å². The molecule has 6 rings (SSSR count). The Bertz CT molecular complexity index is 1520. The average molecular weight is 669 g/mol. The molecule has 0 aliphatic heterocycles. The SMILES string of the molecule is C(C=Cc1ccccc1)=Cc1ccccc1.CC1=[C-]C(C)(C)C(C)=C1C.[O-]c1ccccc1.[O-]c1ccccc1.[O-]c1ccccc1.[Ti+4]. The second-order valence-electron chi connectivity index (χ2n) is 11.1. The molecule has 0 saturated carbocycles. The van der Waals surface area contributed by atoms with Crippen molar-refractivity contribution in [3.63, 3.8) is 0 Å². The van der Waals surface area contributed by atoms with Crippen LogP contribution in [0.1, 0.15) is 45.7 Å². The number of allylic oxidation sites excluding steroid dienone is 6. The minimum atomic E-state index is 0. The zero-order valence-corrected chi connectivity index (χ0v) is 30.0. The van der Waals surface area contributed by atoms with Crippen molar-refractivity contribution in [2.75, 3.05) is 0 Å². The summed E-state index contributed by atoms with van der Waals surface area (Å²) in [6.07, 6.45) is 11.7. The fourth-order valence-corrected chi connectivity index (χ4v) is 4.13. The Balaban J connectivity index is 0.000000314. The molecule has 5 aromatic rings. The second-order valence-corrected chi connectivity index (χ2v) is 11.1. The molecule has 0 aromatic heterocycles. The van der Waals surface area contributed by atoms with Crippen LogP contribution in [0.2, 0.25) is 0 Å². The van der Waals surface area contributed by atoms with Gasteiger partial charge in [0.1, 0.15) is 0 Å². The first-order valence-corrected chi connectivity index (χ1v) is 15.5. The van der Waals surface area contributed by atoms with Crippen LogP contribution < -0.4 is 15.3 Å². The summed E-state index contributed by atoms with van der Waals surface area (Å²) in [6, 6.07) is 45.6. The monoisotopic (exact) mass is 668 g/mol. The number of rotatable bonds is 3. The number of para-hydroxylation sites is 3. The molecule has 0 spiro atoms. The van der Waals surface area contributed by atoms with Gasteiger partial charge in [0.2, 0.25) is 0 Å². The fourth-order valence-electron chi connectivity index (χ4n) is 4.13. The summed E-state index contributed by atoms with van der Waals surface area (Å²) in [6.45, 7) is 10.9. The van der Waals surface area contributed by atoms with E-state index in [1.165, 1.54) is 64.2 Å². The zero-order valence-electron chi connectivity index (χ0n) is 28.5. The molecule has 0 atom stereocenters. The standard InChI is InChI=1S/C16H14.C10H15.3C6H6O.Ti/c1-3-9-15(10-4-1)13-7-8-14-16-11-5-2-6-12-16;1-7-6-10(4,5)9(3)8(7)2;3*7-6-4-2-1-3-5-6;/h1-14H;1-5H3;3*1-5,7H;/q;-1;;;;+4/p-3. The van der Waals surface area contributed by atoms with Crippen molar-refractivity contribution >= 4 is 12.2 Å². The molecule has 0 fully saturated rings. The van der Waals surface area contributed by atoms with Crippen LogP contribution in [0.4, 0.5) is 0 Å². The van der Waals surface area contributed by atoms with Gasteiger partial charge in [0.15, 0.2) is 0 Å². The molecular weight excluding hydrogens is 624 g/mol. The predicted octanol–water partition coefficient (Wildman–Crippen LogP) is 9.80. The molecule has 0 heterocycles. The van der Waals surface area contributed by atoms with E-state index in [4.69, 9.17) is 0 Å². The normalized spacial score (nSPS) is 12.4. The van der Waals surface area contributed by atoms with Gasteiger partial charge in [-0.3, -0.25) is 6.08 Å². The first-order valence-electron chi connectivity index (χ1n) is 15.5. The maximum Gasteiger partial charge on any atom is 4.00 e. The Kier molecular flexibility index (Phi) is 20.2. The van der Waals surface area contributed by atoms with Crippen LogP contribution in [0.3, 0.4) is 0 Å². The van der Waals surface area contributed by atoms with Crippen molar-refractivity contribution in [3.8, 4) is 17.2 Å². The molecule has 0 amide bonds. The van der Waals surface area contributed by atoms with E-state index in [9.17, 15) is 15.3 Å². The third-order valence-electron chi connectivity index (χ3n) is 7.08. The van der Waals surface area contributed by atoms with Crippen molar-refractivity contribution in [1.29, 1.82) is 0 Å². The quantitative estimate of drug-likeness (QED) is 0.109. The summed E-state index contributed by atoms with van der Waals surface area (Å²) in [5, 5.41) is 30.8. The van der Waals surface area contributed by atoms with Gasteiger partial charge >= 0.3 is 21.7 Å². The molecule has 0 saturated heterocycles. The minimum Gasteiger partial charge on any atom is -0.872 e. The van der Waals surface area contributed by atoms with E-state index in [1.54, 1.807) is 36.4 Å². The summed E-state index contributed by atoms with van der Waals surface area (Å²) in [4.78, 5) is 0. The molecule has 0 N–H and O–H groups in total. The van der Waals surface area contributed by atoms with Crippen molar-refractivity contribution < 1.29 is 37.0 Å². The Morgan fingerprint density at radius 1 is 0.458 bits per heavy atom. The van der Waals surface area contributed by atoms with Gasteiger partial charge in [-0.05, 0) is 11.1 Å². The summed E-state index contributed by atoms with van der Waals surface area (Å²) in [5.74, 6) is 0.215. The van der Waals surface area contributed by atoms with E-state index in [1.807, 2.05) is 54.6 Å². The van der Waals surface area contributed by atoms with Gasteiger partial charge in [0, 0.05) is 0 Å². The molecule has 5 aromatic carbocycles. The number of hydrogen-bond acceptors (Lipinski definition) is 3. The third-order valence-corrected chi connectivity index (χ3v) is 7.08. The molecule has 0 unspecified atom stereocenters. The summed E-state index contributed by atoms with van der Waals surface area (Å²) in [5.41, 5.74) is 6.84. The third kappa shape index (κ3) is 17.8. The fraction of sp³-hybridized carbons (Fsp3) is 0.136. The van der Waals surface area contributed by atoms with Gasteiger partial charge in [-0.25, -0.2) is 5.57 Å². The van der Waals surface area contributed by atoms with E-state index >= 15 is 0 Å². The second kappa shape index (κ2) is 23.5. The molecule has 1 aliphatic carbocycles. The van der Waals surface area contributed by atoms with Gasteiger partial charge in [0.25, 0.3) is 0 Å². The summed E-state index contributed by atoms with van der Waals surface area (Å²) in [7, 11) is 0. The molecular formula is C44H44O3Ti. The Hall–Kier alpha value is -4.83. The van der Waals surface area contributed by atoms with E-state index in [0.717, 1.165) is 0 Å². The van der Waals surface area contributed by atoms with E-state index in [2.05, 4.69) is 89.3 Å². The van der Waals surface area contributed by atoms with E-state index in [-0.39, 0.29) is 44.4 Å². The van der Waals surface area contributed by atoms with E-state index in [0.29, 0.717) is 0 Å². The molecule has 3 nitrogen and oxygen atoms in total. The number of hydrogen-bond donors (Lipinski definition) is 0. The summed E-state index contributed by atoms with van der Waals surface area (Å²) < 4.78 is 0. The Labute approximate surface area is 302 Å². The van der Waals surface area contributed by atoms with Crippen LogP contribution >= 0.6 is 0 Å². The maximum absolute atomic E-state index is 10.3. The predicted molar refractivity (Wildman–Crippen MR) is 193 cm³/mol. The van der Waals surface area contributed by atoms with Crippen LogP contribution in [-0.4, -0.2) is 0 Å². The molecule has 1 aliphatic rings. The molecule has 48 heavy (non-hydrogen) atoms. The smallest absolute Gasteiger partial charge is 0.872 e. The van der Waals surface area contributed by atoms with Crippen LogP contribution in [0.25, 0.3) is 12.2 Å². The van der Waals surface area contributed by atoms with Gasteiger partial charge in [0.05, 0.1) is 0 Å². The first-order chi connectivity index (χ1) is 22.6. The van der Waals surface area contributed by atoms with Gasteiger partial charge in [-0.2, -0.15) is 11.1 Å². The van der Waals surface area contributed by atoms with Gasteiger partial charge in [-0.1, -0.05) is 209 Å². The zero-order chi connectivity index (χ0) is 34.3. The molecule has 242 valence electrons. The van der Waals surface area contributed by atoms with Crippen molar-refractivity contribution in [3.05, 3.63) is 198 Å². The van der Waals surface area contributed by atoms with Crippen LogP contribution in [0.5, 0.6) is 17.2 Å². The molecule has 0 radical (unpaired) electrons. The van der Waals surface area contributed by atoms with Crippen molar-refractivity contribution in [2.24, 2.45) is 5.41 Å². The van der Waals surface area contributed by atoms with Crippen molar-refractivity contribution in [1.82, 2.24) is 0 Å². The Morgan fingerprint density at radius 3 is 0.896 bits per heavy atom. The largest absolute Gasteiger partial charge is 4.00 e.